The maximum Gasteiger partial charge on any atom is 0.256 e. The lowest BCUT2D eigenvalue weighted by atomic mass is 10.0. The second-order valence-corrected chi connectivity index (χ2v) is 7.38. The number of nitrogens with zero attached hydrogens (tertiary/aromatic N) is 1. The maximum atomic E-state index is 13.3. The van der Waals surface area contributed by atoms with Crippen LogP contribution in [-0.4, -0.2) is 62.1 Å². The van der Waals surface area contributed by atoms with E-state index in [2.05, 4.69) is 10.6 Å². The highest BCUT2D eigenvalue weighted by Crippen LogP contribution is 2.32. The lowest BCUT2D eigenvalue weighted by molar-refractivity contribution is -0.125. The van der Waals surface area contributed by atoms with E-state index in [1.165, 1.54) is 12.0 Å². The minimum Gasteiger partial charge on any atom is -0.497 e. The van der Waals surface area contributed by atoms with Crippen LogP contribution in [0.3, 0.4) is 0 Å². The van der Waals surface area contributed by atoms with Gasteiger partial charge in [0.05, 0.1) is 18.4 Å². The quantitative estimate of drug-likeness (QED) is 0.783. The fourth-order valence-electron chi connectivity index (χ4n) is 3.98. The Morgan fingerprint density at radius 3 is 2.57 bits per heavy atom. The fourth-order valence-corrected chi connectivity index (χ4v) is 3.98. The molecular weight excluding hydrogens is 386 g/mol. The molecule has 30 heavy (non-hydrogen) atoms. The summed E-state index contributed by atoms with van der Waals surface area (Å²) < 4.78 is 10.0. The van der Waals surface area contributed by atoms with Crippen LogP contribution in [0.25, 0.3) is 11.1 Å². The summed E-state index contributed by atoms with van der Waals surface area (Å²) in [5.41, 5.74) is 2.73. The van der Waals surface area contributed by atoms with Crippen molar-refractivity contribution in [2.75, 3.05) is 32.7 Å². The molecule has 4 rings (SSSR count). The van der Waals surface area contributed by atoms with Crippen molar-refractivity contribution in [2.45, 2.75) is 18.5 Å². The maximum absolute atomic E-state index is 13.3. The number of carbonyl (C=O) groups is 3. The van der Waals surface area contributed by atoms with Gasteiger partial charge in [0.15, 0.2) is 0 Å². The number of rotatable bonds is 5. The Morgan fingerprint density at radius 2 is 1.87 bits per heavy atom. The molecule has 2 heterocycles. The molecular formula is C22H23N3O5. The van der Waals surface area contributed by atoms with Gasteiger partial charge in [-0.05, 0) is 41.8 Å². The fraction of sp³-hybridized carbons (Fsp3) is 0.318. The molecule has 1 fully saturated rings. The van der Waals surface area contributed by atoms with Gasteiger partial charge < -0.3 is 25.0 Å². The average molecular weight is 409 g/mol. The Kier molecular flexibility index (Phi) is 5.41. The molecule has 0 radical (unpaired) electrons. The number of hydrogen-bond acceptors (Lipinski definition) is 5. The zero-order chi connectivity index (χ0) is 21.3. The predicted molar refractivity (Wildman–Crippen MR) is 110 cm³/mol. The Bertz CT molecular complexity index is 989. The van der Waals surface area contributed by atoms with E-state index in [4.69, 9.17) is 9.47 Å². The first-order valence-electron chi connectivity index (χ1n) is 9.68. The van der Waals surface area contributed by atoms with Gasteiger partial charge in [-0.3, -0.25) is 14.4 Å². The number of amides is 3. The van der Waals surface area contributed by atoms with Crippen molar-refractivity contribution >= 4 is 23.4 Å². The molecule has 2 N–H and O–H groups in total. The third kappa shape index (κ3) is 3.73. The van der Waals surface area contributed by atoms with Crippen LogP contribution in [-0.2, 0) is 14.3 Å². The van der Waals surface area contributed by atoms with Crippen molar-refractivity contribution < 1.29 is 23.9 Å². The molecule has 2 aliphatic rings. The summed E-state index contributed by atoms with van der Waals surface area (Å²) in [7, 11) is 3.05. The van der Waals surface area contributed by atoms with Crippen LogP contribution in [0.15, 0.2) is 42.5 Å². The SMILES string of the molecule is COCC(=O)N[C@H]1C[C@H]2C(=O)Nc3ccc(-c4ccc(OC)cc4)cc3C(=O)N2C1. The first-order valence-corrected chi connectivity index (χ1v) is 9.68. The summed E-state index contributed by atoms with van der Waals surface area (Å²) >= 11 is 0. The normalized spacial score (nSPS) is 20.1. The van der Waals surface area contributed by atoms with Crippen LogP contribution in [0, 0.1) is 0 Å². The van der Waals surface area contributed by atoms with Crippen LogP contribution in [0.2, 0.25) is 0 Å². The lowest BCUT2D eigenvalue weighted by Gasteiger charge is -2.20. The summed E-state index contributed by atoms with van der Waals surface area (Å²) in [5, 5.41) is 5.68. The van der Waals surface area contributed by atoms with Gasteiger partial charge in [-0.25, -0.2) is 0 Å². The standard InChI is InChI=1S/C22H23N3O5/c1-29-12-20(26)23-15-10-19-21(27)24-18-8-5-14(9-17(18)22(28)25(19)11-15)13-3-6-16(30-2)7-4-13/h3-9,15,19H,10-12H2,1-2H3,(H,23,26)(H,24,27)/t15-,19-/m0/s1. The molecule has 1 saturated heterocycles. The van der Waals surface area contributed by atoms with Gasteiger partial charge in [-0.1, -0.05) is 18.2 Å². The summed E-state index contributed by atoms with van der Waals surface area (Å²) in [4.78, 5) is 39.4. The van der Waals surface area contributed by atoms with E-state index in [-0.39, 0.29) is 36.9 Å². The first kappa shape index (κ1) is 19.9. The molecule has 0 aliphatic carbocycles. The predicted octanol–water partition coefficient (Wildman–Crippen LogP) is 1.66. The Morgan fingerprint density at radius 1 is 1.13 bits per heavy atom. The highest BCUT2D eigenvalue weighted by Gasteiger charge is 2.43. The molecule has 3 amide bonds. The third-order valence-electron chi connectivity index (χ3n) is 5.44. The molecule has 8 heteroatoms. The van der Waals surface area contributed by atoms with Crippen LogP contribution in [0.5, 0.6) is 5.75 Å². The number of methoxy groups -OCH3 is 2. The summed E-state index contributed by atoms with van der Waals surface area (Å²) in [6.45, 7) is 0.216. The zero-order valence-corrected chi connectivity index (χ0v) is 16.8. The topological polar surface area (TPSA) is 97.0 Å². The average Bonchev–Trinajstić information content (AvgIpc) is 3.14. The van der Waals surface area contributed by atoms with E-state index in [9.17, 15) is 14.4 Å². The number of nitrogens with one attached hydrogen (secondary N) is 2. The third-order valence-corrected chi connectivity index (χ3v) is 5.44. The number of benzene rings is 2. The van der Waals surface area contributed by atoms with Crippen molar-refractivity contribution in [3.63, 3.8) is 0 Å². The van der Waals surface area contributed by atoms with E-state index in [1.807, 2.05) is 30.3 Å². The summed E-state index contributed by atoms with van der Waals surface area (Å²) in [6.07, 6.45) is 0.367. The molecule has 2 aliphatic heterocycles. The molecule has 0 saturated carbocycles. The molecule has 2 atom stereocenters. The second-order valence-electron chi connectivity index (χ2n) is 7.38. The van der Waals surface area contributed by atoms with Gasteiger partial charge in [0, 0.05) is 19.7 Å². The van der Waals surface area contributed by atoms with E-state index in [1.54, 1.807) is 19.2 Å². The van der Waals surface area contributed by atoms with E-state index in [0.29, 0.717) is 17.7 Å². The highest BCUT2D eigenvalue weighted by atomic mass is 16.5. The van der Waals surface area contributed by atoms with Crippen molar-refractivity contribution in [3.8, 4) is 16.9 Å². The molecule has 0 spiro atoms. The Hall–Kier alpha value is -3.39. The minimum atomic E-state index is -0.623. The van der Waals surface area contributed by atoms with Crippen molar-refractivity contribution in [3.05, 3.63) is 48.0 Å². The van der Waals surface area contributed by atoms with Gasteiger partial charge in [-0.2, -0.15) is 0 Å². The van der Waals surface area contributed by atoms with Crippen LogP contribution in [0.1, 0.15) is 16.8 Å². The van der Waals surface area contributed by atoms with Crippen LogP contribution >= 0.6 is 0 Å². The number of fused-ring (bicyclic) bond motifs is 2. The largest absolute Gasteiger partial charge is 0.497 e. The first-order chi connectivity index (χ1) is 14.5. The van der Waals surface area contributed by atoms with E-state index in [0.717, 1.165) is 16.9 Å². The number of carbonyl (C=O) groups excluding carboxylic acids is 3. The van der Waals surface area contributed by atoms with Gasteiger partial charge in [0.2, 0.25) is 11.8 Å². The lowest BCUT2D eigenvalue weighted by Crippen LogP contribution is -2.41. The minimum absolute atomic E-state index is 0.0602. The Labute approximate surface area is 174 Å². The molecule has 2 aromatic rings. The molecule has 156 valence electrons. The number of anilines is 1. The molecule has 0 aromatic heterocycles. The zero-order valence-electron chi connectivity index (χ0n) is 16.8. The molecule has 8 nitrogen and oxygen atoms in total. The van der Waals surface area contributed by atoms with Gasteiger partial charge in [0.1, 0.15) is 18.4 Å². The highest BCUT2D eigenvalue weighted by molar-refractivity contribution is 6.10. The molecule has 2 aromatic carbocycles. The van der Waals surface area contributed by atoms with Crippen LogP contribution < -0.4 is 15.4 Å². The molecule has 0 bridgehead atoms. The smallest absolute Gasteiger partial charge is 0.256 e. The Balaban J connectivity index is 1.61. The van der Waals surface area contributed by atoms with Crippen LogP contribution in [0.4, 0.5) is 5.69 Å². The van der Waals surface area contributed by atoms with Crippen molar-refractivity contribution in [1.29, 1.82) is 0 Å². The van der Waals surface area contributed by atoms with E-state index < -0.39 is 6.04 Å². The summed E-state index contributed by atoms with van der Waals surface area (Å²) in [6, 6.07) is 12.0. The van der Waals surface area contributed by atoms with Gasteiger partial charge in [0.25, 0.3) is 5.91 Å². The summed E-state index contributed by atoms with van der Waals surface area (Å²) in [5.74, 6) is 0.00326. The second kappa shape index (κ2) is 8.16. The van der Waals surface area contributed by atoms with E-state index >= 15 is 0 Å². The molecule has 0 unspecified atom stereocenters. The number of ether oxygens (including phenoxy) is 2. The van der Waals surface area contributed by atoms with Crippen molar-refractivity contribution in [2.24, 2.45) is 0 Å². The monoisotopic (exact) mass is 409 g/mol. The number of hydrogen-bond donors (Lipinski definition) is 2. The van der Waals surface area contributed by atoms with Gasteiger partial charge in [-0.15, -0.1) is 0 Å². The van der Waals surface area contributed by atoms with Gasteiger partial charge >= 0.3 is 0 Å². The van der Waals surface area contributed by atoms with Crippen molar-refractivity contribution in [1.82, 2.24) is 10.2 Å².